The summed E-state index contributed by atoms with van der Waals surface area (Å²) in [5.41, 5.74) is 0. The predicted octanol–water partition coefficient (Wildman–Crippen LogP) is 8.82. The summed E-state index contributed by atoms with van der Waals surface area (Å²) in [6, 6.07) is 0. The quantitative estimate of drug-likeness (QED) is 0.156. The molecule has 0 radical (unpaired) electrons. The van der Waals surface area contributed by atoms with Crippen LogP contribution in [0.15, 0.2) is 0 Å². The maximum atomic E-state index is 12.2. The van der Waals surface area contributed by atoms with Gasteiger partial charge in [0.25, 0.3) is 0 Å². The molecule has 0 fully saturated rings. The van der Waals surface area contributed by atoms with Crippen LogP contribution in [0.4, 0.5) is 0 Å². The Kier molecular flexibility index (Phi) is 18.6. The Bertz CT molecular complexity index is 498. The van der Waals surface area contributed by atoms with E-state index < -0.39 is 11.9 Å². The molecule has 4 nitrogen and oxygen atoms in total. The van der Waals surface area contributed by atoms with Crippen molar-refractivity contribution in [2.45, 2.75) is 138 Å². The normalized spacial score (nSPS) is 14.7. The first-order valence-corrected chi connectivity index (χ1v) is 14.0. The van der Waals surface area contributed by atoms with E-state index in [0.29, 0.717) is 24.2 Å². The summed E-state index contributed by atoms with van der Waals surface area (Å²) in [5.74, 6) is 0.741. The molecule has 0 saturated carbocycles. The molecule has 0 saturated heterocycles. The molecular formula is C29H56O4. The summed E-state index contributed by atoms with van der Waals surface area (Å²) in [5, 5.41) is 18.7. The van der Waals surface area contributed by atoms with Crippen molar-refractivity contribution in [3.8, 4) is 0 Å². The third-order valence-electron chi connectivity index (χ3n) is 7.23. The first-order chi connectivity index (χ1) is 15.6. The number of carbonyl (C=O) groups is 2. The van der Waals surface area contributed by atoms with Crippen LogP contribution in [-0.4, -0.2) is 22.2 Å². The zero-order valence-corrected chi connectivity index (χ0v) is 22.8. The average Bonchev–Trinajstić information content (AvgIpc) is 2.70. The lowest BCUT2D eigenvalue weighted by Crippen LogP contribution is -2.34. The summed E-state index contributed by atoms with van der Waals surface area (Å²) in [4.78, 5) is 22.8. The number of carboxylic acid groups (broad SMARTS) is 2. The first kappa shape index (κ1) is 31.9. The van der Waals surface area contributed by atoms with Crippen LogP contribution in [0, 0.1) is 35.5 Å². The molecule has 0 aromatic rings. The lowest BCUT2D eigenvalue weighted by molar-refractivity contribution is -0.147. The van der Waals surface area contributed by atoms with Crippen LogP contribution in [-0.2, 0) is 9.59 Å². The molecule has 0 heterocycles. The standard InChI is InChI=1S/C29H56O4/c1-22(2)18-20-25(26(21-19-23(3)4)28(24(5)6)29(32)33)16-14-12-10-8-7-9-11-13-15-17-27(30)31/h22-26,28H,7-21H2,1-6H3,(H,30,31)(H,32,33). The Morgan fingerprint density at radius 3 is 1.45 bits per heavy atom. The Hall–Kier alpha value is -1.06. The van der Waals surface area contributed by atoms with Crippen molar-refractivity contribution in [1.82, 2.24) is 0 Å². The fourth-order valence-electron chi connectivity index (χ4n) is 5.24. The maximum absolute atomic E-state index is 12.2. The number of rotatable bonds is 22. The van der Waals surface area contributed by atoms with Gasteiger partial charge in [-0.1, -0.05) is 112 Å². The zero-order valence-electron chi connectivity index (χ0n) is 22.8. The van der Waals surface area contributed by atoms with E-state index in [9.17, 15) is 14.7 Å². The summed E-state index contributed by atoms with van der Waals surface area (Å²) >= 11 is 0. The Balaban J connectivity index is 4.65. The fraction of sp³-hybridized carbons (Fsp3) is 0.931. The highest BCUT2D eigenvalue weighted by atomic mass is 16.4. The van der Waals surface area contributed by atoms with Crippen molar-refractivity contribution in [2.75, 3.05) is 0 Å². The Labute approximate surface area is 205 Å². The van der Waals surface area contributed by atoms with Crippen molar-refractivity contribution in [3.05, 3.63) is 0 Å². The molecule has 0 rings (SSSR count). The smallest absolute Gasteiger partial charge is 0.307 e. The van der Waals surface area contributed by atoms with E-state index in [0.717, 1.165) is 38.5 Å². The molecule has 0 bridgehead atoms. The molecule has 0 aromatic heterocycles. The molecule has 2 N–H and O–H groups in total. The minimum absolute atomic E-state index is 0.178. The lowest BCUT2D eigenvalue weighted by Gasteiger charge is -2.35. The van der Waals surface area contributed by atoms with Crippen molar-refractivity contribution in [3.63, 3.8) is 0 Å². The van der Waals surface area contributed by atoms with Crippen molar-refractivity contribution in [1.29, 1.82) is 0 Å². The van der Waals surface area contributed by atoms with Gasteiger partial charge in [-0.3, -0.25) is 9.59 Å². The van der Waals surface area contributed by atoms with Crippen LogP contribution in [0.2, 0.25) is 0 Å². The van der Waals surface area contributed by atoms with Crippen molar-refractivity contribution >= 4 is 11.9 Å². The van der Waals surface area contributed by atoms with E-state index in [1.54, 1.807) is 0 Å². The summed E-state index contributed by atoms with van der Waals surface area (Å²) in [6.07, 6.45) is 16.4. The first-order valence-electron chi connectivity index (χ1n) is 14.0. The predicted molar refractivity (Wildman–Crippen MR) is 140 cm³/mol. The number of hydrogen-bond acceptors (Lipinski definition) is 2. The minimum Gasteiger partial charge on any atom is -0.481 e. The molecule has 0 aromatic carbocycles. The van der Waals surface area contributed by atoms with E-state index >= 15 is 0 Å². The molecule has 0 aliphatic rings. The maximum Gasteiger partial charge on any atom is 0.307 e. The van der Waals surface area contributed by atoms with Gasteiger partial charge in [-0.2, -0.15) is 0 Å². The molecule has 0 aliphatic carbocycles. The lowest BCUT2D eigenvalue weighted by atomic mass is 9.69. The highest BCUT2D eigenvalue weighted by Crippen LogP contribution is 2.38. The minimum atomic E-state index is -0.684. The van der Waals surface area contributed by atoms with Gasteiger partial charge in [-0.05, 0) is 48.9 Å². The topological polar surface area (TPSA) is 74.6 Å². The van der Waals surface area contributed by atoms with Crippen molar-refractivity contribution < 1.29 is 19.8 Å². The third kappa shape index (κ3) is 17.1. The van der Waals surface area contributed by atoms with Gasteiger partial charge in [0, 0.05) is 6.42 Å². The molecule has 0 spiro atoms. The molecule has 4 heteroatoms. The highest BCUT2D eigenvalue weighted by molar-refractivity contribution is 5.70. The van der Waals surface area contributed by atoms with Gasteiger partial charge in [0.1, 0.15) is 0 Å². The summed E-state index contributed by atoms with van der Waals surface area (Å²) in [6.45, 7) is 13.2. The van der Waals surface area contributed by atoms with E-state index in [-0.39, 0.29) is 17.8 Å². The van der Waals surface area contributed by atoms with Crippen LogP contribution in [0.3, 0.4) is 0 Å². The molecule has 33 heavy (non-hydrogen) atoms. The van der Waals surface area contributed by atoms with Crippen molar-refractivity contribution in [2.24, 2.45) is 35.5 Å². The van der Waals surface area contributed by atoms with Crippen LogP contribution in [0.1, 0.15) is 138 Å². The molecular weight excluding hydrogens is 412 g/mol. The zero-order chi connectivity index (χ0) is 25.2. The van der Waals surface area contributed by atoms with Crippen LogP contribution in [0.5, 0.6) is 0 Å². The second-order valence-corrected chi connectivity index (χ2v) is 11.6. The molecule has 3 unspecified atom stereocenters. The van der Waals surface area contributed by atoms with Gasteiger partial charge >= 0.3 is 11.9 Å². The van der Waals surface area contributed by atoms with E-state index in [1.807, 2.05) is 0 Å². The van der Waals surface area contributed by atoms with Crippen LogP contribution in [0.25, 0.3) is 0 Å². The SMILES string of the molecule is CC(C)CCC(CCCCCCCCCCCC(=O)O)C(CCC(C)C)C(C(=O)O)C(C)C. The number of carboxylic acids is 2. The second-order valence-electron chi connectivity index (χ2n) is 11.6. The molecule has 0 amide bonds. The summed E-state index contributed by atoms with van der Waals surface area (Å²) < 4.78 is 0. The van der Waals surface area contributed by atoms with Crippen LogP contribution < -0.4 is 0 Å². The van der Waals surface area contributed by atoms with E-state index in [1.165, 1.54) is 51.4 Å². The Morgan fingerprint density at radius 1 is 0.576 bits per heavy atom. The highest BCUT2D eigenvalue weighted by Gasteiger charge is 2.35. The number of unbranched alkanes of at least 4 members (excludes halogenated alkanes) is 8. The van der Waals surface area contributed by atoms with Gasteiger partial charge < -0.3 is 10.2 Å². The third-order valence-corrected chi connectivity index (χ3v) is 7.23. The van der Waals surface area contributed by atoms with Gasteiger partial charge in [0.15, 0.2) is 0 Å². The largest absolute Gasteiger partial charge is 0.481 e. The van der Waals surface area contributed by atoms with E-state index in [4.69, 9.17) is 5.11 Å². The van der Waals surface area contributed by atoms with Gasteiger partial charge in [0.2, 0.25) is 0 Å². The Morgan fingerprint density at radius 2 is 1.03 bits per heavy atom. The van der Waals surface area contributed by atoms with E-state index in [2.05, 4.69) is 41.5 Å². The van der Waals surface area contributed by atoms with Gasteiger partial charge in [-0.15, -0.1) is 0 Å². The van der Waals surface area contributed by atoms with Gasteiger partial charge in [-0.25, -0.2) is 0 Å². The number of hydrogen-bond donors (Lipinski definition) is 2. The average molecular weight is 469 g/mol. The number of aliphatic carboxylic acids is 2. The van der Waals surface area contributed by atoms with Gasteiger partial charge in [0.05, 0.1) is 5.92 Å². The monoisotopic (exact) mass is 468 g/mol. The second kappa shape index (κ2) is 19.3. The fourth-order valence-corrected chi connectivity index (χ4v) is 5.24. The molecule has 196 valence electrons. The summed E-state index contributed by atoms with van der Waals surface area (Å²) in [7, 11) is 0. The molecule has 0 aliphatic heterocycles. The van der Waals surface area contributed by atoms with Crippen LogP contribution >= 0.6 is 0 Å². The molecule has 3 atom stereocenters.